The Labute approximate surface area is 97.4 Å². The molecule has 0 aliphatic rings. The SMILES string of the molecule is C=C(C)CC(C#N)(CC(=C)C)C(=O)OCC. The lowest BCUT2D eigenvalue weighted by atomic mass is 9.78. The van der Waals surface area contributed by atoms with Crippen LogP contribution in [0, 0.1) is 16.7 Å². The largest absolute Gasteiger partial charge is 0.465 e. The van der Waals surface area contributed by atoms with E-state index in [1.54, 1.807) is 20.8 Å². The van der Waals surface area contributed by atoms with Gasteiger partial charge in [-0.05, 0) is 33.6 Å². The molecule has 16 heavy (non-hydrogen) atoms. The Morgan fingerprint density at radius 2 is 1.75 bits per heavy atom. The fourth-order valence-electron chi connectivity index (χ4n) is 1.63. The minimum Gasteiger partial charge on any atom is -0.465 e. The number of hydrogen-bond donors (Lipinski definition) is 0. The number of hydrogen-bond acceptors (Lipinski definition) is 3. The molecule has 0 rings (SSSR count). The highest BCUT2D eigenvalue weighted by molar-refractivity contribution is 5.80. The lowest BCUT2D eigenvalue weighted by Gasteiger charge is -2.24. The summed E-state index contributed by atoms with van der Waals surface area (Å²) < 4.78 is 4.96. The van der Waals surface area contributed by atoms with E-state index in [2.05, 4.69) is 19.2 Å². The predicted molar refractivity (Wildman–Crippen MR) is 63.5 cm³/mol. The highest BCUT2D eigenvalue weighted by Crippen LogP contribution is 2.33. The number of nitrogens with zero attached hydrogens (tertiary/aromatic N) is 1. The number of carbonyl (C=O) groups excluding carboxylic acids is 1. The van der Waals surface area contributed by atoms with Gasteiger partial charge in [-0.2, -0.15) is 5.26 Å². The highest BCUT2D eigenvalue weighted by atomic mass is 16.5. The molecule has 0 radical (unpaired) electrons. The molecular formula is C13H19NO2. The van der Waals surface area contributed by atoms with Gasteiger partial charge in [0.05, 0.1) is 12.7 Å². The molecule has 0 N–H and O–H groups in total. The van der Waals surface area contributed by atoms with Crippen LogP contribution in [0.4, 0.5) is 0 Å². The molecule has 0 aromatic carbocycles. The van der Waals surface area contributed by atoms with Gasteiger partial charge in [0.25, 0.3) is 0 Å². The van der Waals surface area contributed by atoms with Gasteiger partial charge in [0.15, 0.2) is 5.41 Å². The monoisotopic (exact) mass is 221 g/mol. The maximum atomic E-state index is 11.8. The summed E-state index contributed by atoms with van der Waals surface area (Å²) in [6, 6.07) is 2.07. The van der Waals surface area contributed by atoms with Crippen molar-refractivity contribution in [2.24, 2.45) is 5.41 Å². The van der Waals surface area contributed by atoms with Gasteiger partial charge in [0, 0.05) is 0 Å². The molecule has 3 nitrogen and oxygen atoms in total. The molecule has 0 aliphatic heterocycles. The van der Waals surface area contributed by atoms with Crippen molar-refractivity contribution in [1.29, 1.82) is 5.26 Å². The first-order valence-electron chi connectivity index (χ1n) is 5.25. The summed E-state index contributed by atoms with van der Waals surface area (Å²) >= 11 is 0. The summed E-state index contributed by atoms with van der Waals surface area (Å²) in [7, 11) is 0. The summed E-state index contributed by atoms with van der Waals surface area (Å²) in [6.07, 6.45) is 0.629. The van der Waals surface area contributed by atoms with Gasteiger partial charge in [-0.1, -0.05) is 11.1 Å². The number of carbonyl (C=O) groups is 1. The molecule has 0 fully saturated rings. The molecule has 0 bridgehead atoms. The second-order valence-corrected chi connectivity index (χ2v) is 4.18. The van der Waals surface area contributed by atoms with Gasteiger partial charge in [-0.15, -0.1) is 13.2 Å². The summed E-state index contributed by atoms with van der Waals surface area (Å²) in [5.41, 5.74) is 0.417. The van der Waals surface area contributed by atoms with Crippen LogP contribution in [0.2, 0.25) is 0 Å². The Balaban J connectivity index is 5.11. The van der Waals surface area contributed by atoms with Gasteiger partial charge in [-0.3, -0.25) is 4.79 Å². The third kappa shape index (κ3) is 3.90. The minimum atomic E-state index is -1.16. The smallest absolute Gasteiger partial charge is 0.327 e. The first kappa shape index (κ1) is 14.4. The molecule has 0 saturated carbocycles. The summed E-state index contributed by atoms with van der Waals surface area (Å²) in [6.45, 7) is 13.1. The van der Waals surface area contributed by atoms with Crippen molar-refractivity contribution in [3.63, 3.8) is 0 Å². The van der Waals surface area contributed by atoms with Crippen LogP contribution < -0.4 is 0 Å². The average molecular weight is 221 g/mol. The second kappa shape index (κ2) is 6.12. The number of ether oxygens (including phenoxy) is 1. The summed E-state index contributed by atoms with van der Waals surface area (Å²) in [5.74, 6) is -0.483. The lowest BCUT2D eigenvalue weighted by molar-refractivity contribution is -0.151. The lowest BCUT2D eigenvalue weighted by Crippen LogP contribution is -2.32. The van der Waals surface area contributed by atoms with E-state index < -0.39 is 11.4 Å². The molecule has 88 valence electrons. The zero-order valence-corrected chi connectivity index (χ0v) is 10.3. The Hall–Kier alpha value is -1.56. The van der Waals surface area contributed by atoms with Crippen molar-refractivity contribution >= 4 is 5.97 Å². The standard InChI is InChI=1S/C13H19NO2/c1-6-16-12(15)13(9-14,7-10(2)3)8-11(4)5/h2,4,6-8H2,1,3,5H3. The Morgan fingerprint density at radius 3 is 2.00 bits per heavy atom. The zero-order valence-electron chi connectivity index (χ0n) is 10.3. The quantitative estimate of drug-likeness (QED) is 0.511. The molecular weight excluding hydrogens is 202 g/mol. The fourth-order valence-corrected chi connectivity index (χ4v) is 1.63. The molecule has 0 amide bonds. The third-order valence-corrected chi connectivity index (χ3v) is 2.09. The fraction of sp³-hybridized carbons (Fsp3) is 0.538. The molecule has 0 atom stereocenters. The number of rotatable bonds is 6. The van der Waals surface area contributed by atoms with E-state index in [0.29, 0.717) is 12.8 Å². The molecule has 0 spiro atoms. The molecule has 0 saturated heterocycles. The van der Waals surface area contributed by atoms with Gasteiger partial charge in [0.2, 0.25) is 0 Å². The maximum absolute atomic E-state index is 11.8. The van der Waals surface area contributed by atoms with E-state index in [1.807, 2.05) is 0 Å². The Bertz CT molecular complexity index is 320. The minimum absolute atomic E-state index is 0.272. The van der Waals surface area contributed by atoms with Crippen LogP contribution in [0.3, 0.4) is 0 Å². The Morgan fingerprint density at radius 1 is 1.31 bits per heavy atom. The van der Waals surface area contributed by atoms with Crippen LogP contribution in [-0.2, 0) is 9.53 Å². The molecule has 0 heterocycles. The molecule has 0 aromatic heterocycles. The molecule has 0 unspecified atom stereocenters. The zero-order chi connectivity index (χ0) is 12.8. The van der Waals surface area contributed by atoms with Crippen molar-refractivity contribution in [3.8, 4) is 6.07 Å². The topological polar surface area (TPSA) is 50.1 Å². The van der Waals surface area contributed by atoms with Crippen LogP contribution in [-0.4, -0.2) is 12.6 Å². The van der Waals surface area contributed by atoms with E-state index in [4.69, 9.17) is 4.74 Å². The van der Waals surface area contributed by atoms with Crippen LogP contribution in [0.5, 0.6) is 0 Å². The second-order valence-electron chi connectivity index (χ2n) is 4.18. The van der Waals surface area contributed by atoms with Crippen LogP contribution in [0.25, 0.3) is 0 Å². The number of nitriles is 1. The first-order valence-corrected chi connectivity index (χ1v) is 5.25. The van der Waals surface area contributed by atoms with Crippen molar-refractivity contribution in [2.75, 3.05) is 6.61 Å². The molecule has 3 heteroatoms. The van der Waals surface area contributed by atoms with Gasteiger partial charge >= 0.3 is 5.97 Å². The van der Waals surface area contributed by atoms with E-state index in [9.17, 15) is 10.1 Å². The number of allylic oxidation sites excluding steroid dienone is 2. The van der Waals surface area contributed by atoms with Crippen molar-refractivity contribution < 1.29 is 9.53 Å². The first-order chi connectivity index (χ1) is 7.38. The molecule has 0 aliphatic carbocycles. The van der Waals surface area contributed by atoms with Gasteiger partial charge in [-0.25, -0.2) is 0 Å². The van der Waals surface area contributed by atoms with E-state index in [0.717, 1.165) is 11.1 Å². The van der Waals surface area contributed by atoms with Crippen molar-refractivity contribution in [3.05, 3.63) is 24.3 Å². The third-order valence-electron chi connectivity index (χ3n) is 2.09. The van der Waals surface area contributed by atoms with Crippen LogP contribution in [0.15, 0.2) is 24.3 Å². The normalized spacial score (nSPS) is 10.4. The van der Waals surface area contributed by atoms with Crippen molar-refractivity contribution in [2.45, 2.75) is 33.6 Å². The van der Waals surface area contributed by atoms with Gasteiger partial charge < -0.3 is 4.74 Å². The van der Waals surface area contributed by atoms with Gasteiger partial charge in [0.1, 0.15) is 0 Å². The van der Waals surface area contributed by atoms with E-state index >= 15 is 0 Å². The number of esters is 1. The van der Waals surface area contributed by atoms with Crippen LogP contribution in [0.1, 0.15) is 33.6 Å². The Kier molecular flexibility index (Phi) is 5.52. The van der Waals surface area contributed by atoms with E-state index in [1.165, 1.54) is 0 Å². The average Bonchev–Trinajstić information content (AvgIpc) is 2.15. The summed E-state index contributed by atoms with van der Waals surface area (Å²) in [5, 5.41) is 9.24. The predicted octanol–water partition coefficient (Wildman–Crippen LogP) is 2.99. The summed E-state index contributed by atoms with van der Waals surface area (Å²) in [4.78, 5) is 11.8. The maximum Gasteiger partial charge on any atom is 0.327 e. The van der Waals surface area contributed by atoms with E-state index in [-0.39, 0.29) is 6.61 Å². The highest BCUT2D eigenvalue weighted by Gasteiger charge is 2.40. The molecule has 0 aromatic rings. The van der Waals surface area contributed by atoms with Crippen molar-refractivity contribution in [1.82, 2.24) is 0 Å². The van der Waals surface area contributed by atoms with Crippen LogP contribution >= 0.6 is 0 Å².